The highest BCUT2D eigenvalue weighted by Gasteiger charge is 2.14. The van der Waals surface area contributed by atoms with Crippen LogP contribution in [0.5, 0.6) is 5.75 Å². The van der Waals surface area contributed by atoms with Gasteiger partial charge in [-0.3, -0.25) is 4.99 Å². The van der Waals surface area contributed by atoms with Gasteiger partial charge in [-0.2, -0.15) is 0 Å². The van der Waals surface area contributed by atoms with E-state index in [1.54, 1.807) is 24.4 Å². The van der Waals surface area contributed by atoms with Crippen LogP contribution >= 0.6 is 0 Å². The molecule has 0 bridgehead atoms. The number of aliphatic imine (C=N–C) groups is 1. The molecule has 0 aliphatic heterocycles. The van der Waals surface area contributed by atoms with Crippen molar-refractivity contribution < 1.29 is 10.2 Å². The van der Waals surface area contributed by atoms with Crippen LogP contribution in [0.3, 0.4) is 0 Å². The molecule has 0 spiro atoms. The topological polar surface area (TPSA) is 52.8 Å². The van der Waals surface area contributed by atoms with Gasteiger partial charge in [0.2, 0.25) is 0 Å². The average Bonchev–Trinajstić information content (AvgIpc) is 2.46. The van der Waals surface area contributed by atoms with Crippen molar-refractivity contribution in [3.8, 4) is 5.75 Å². The summed E-state index contributed by atoms with van der Waals surface area (Å²) < 4.78 is 0. The van der Waals surface area contributed by atoms with Crippen LogP contribution in [0.25, 0.3) is 0 Å². The minimum absolute atomic E-state index is 0.188. The van der Waals surface area contributed by atoms with E-state index in [1.807, 2.05) is 43.3 Å². The first-order valence-electron chi connectivity index (χ1n) is 6.22. The van der Waals surface area contributed by atoms with Gasteiger partial charge >= 0.3 is 0 Å². The van der Waals surface area contributed by atoms with Gasteiger partial charge < -0.3 is 10.2 Å². The van der Waals surface area contributed by atoms with E-state index in [2.05, 4.69) is 4.99 Å². The van der Waals surface area contributed by atoms with Crippen LogP contribution in [-0.4, -0.2) is 22.5 Å². The van der Waals surface area contributed by atoms with Crippen molar-refractivity contribution in [3.05, 3.63) is 65.7 Å². The Morgan fingerprint density at radius 2 is 1.63 bits per heavy atom. The zero-order valence-electron chi connectivity index (χ0n) is 10.8. The molecule has 3 nitrogen and oxygen atoms in total. The molecule has 0 amide bonds. The summed E-state index contributed by atoms with van der Waals surface area (Å²) in [6.45, 7) is 1.84. The normalized spacial score (nSPS) is 14.4. The van der Waals surface area contributed by atoms with Gasteiger partial charge in [-0.15, -0.1) is 0 Å². The highest BCUT2D eigenvalue weighted by Crippen LogP contribution is 2.19. The standard InChI is InChI=1S/C16H17NO2/c1-12(16(19)13-7-3-2-4-8-13)17-11-14-9-5-6-10-15(14)18/h2-12,16,18-19H,1H3/t12-,16-/m1/s1. The third kappa shape index (κ3) is 3.42. The number of aromatic hydroxyl groups is 1. The lowest BCUT2D eigenvalue weighted by Gasteiger charge is -2.15. The van der Waals surface area contributed by atoms with Gasteiger partial charge in [-0.1, -0.05) is 42.5 Å². The van der Waals surface area contributed by atoms with Crippen LogP contribution in [0.2, 0.25) is 0 Å². The van der Waals surface area contributed by atoms with Crippen LogP contribution in [0.1, 0.15) is 24.2 Å². The molecule has 0 fully saturated rings. The molecule has 98 valence electrons. The van der Waals surface area contributed by atoms with Gasteiger partial charge in [0, 0.05) is 11.8 Å². The fourth-order valence-corrected chi connectivity index (χ4v) is 1.80. The molecule has 0 radical (unpaired) electrons. The van der Waals surface area contributed by atoms with Crippen molar-refractivity contribution in [1.29, 1.82) is 0 Å². The Morgan fingerprint density at radius 3 is 2.32 bits per heavy atom. The van der Waals surface area contributed by atoms with Gasteiger partial charge in [-0.25, -0.2) is 0 Å². The molecule has 0 aliphatic rings. The highest BCUT2D eigenvalue weighted by atomic mass is 16.3. The largest absolute Gasteiger partial charge is 0.507 e. The van der Waals surface area contributed by atoms with Crippen LogP contribution in [0, 0.1) is 0 Å². The van der Waals surface area contributed by atoms with E-state index in [0.29, 0.717) is 5.56 Å². The van der Waals surface area contributed by atoms with Gasteiger partial charge in [0.1, 0.15) is 11.9 Å². The van der Waals surface area contributed by atoms with E-state index in [1.165, 1.54) is 0 Å². The minimum Gasteiger partial charge on any atom is -0.507 e. The lowest BCUT2D eigenvalue weighted by molar-refractivity contribution is 0.154. The Labute approximate surface area is 112 Å². The van der Waals surface area contributed by atoms with E-state index in [9.17, 15) is 10.2 Å². The van der Waals surface area contributed by atoms with Crippen molar-refractivity contribution in [2.24, 2.45) is 4.99 Å². The molecule has 2 rings (SSSR count). The predicted octanol–water partition coefficient (Wildman–Crippen LogP) is 2.93. The van der Waals surface area contributed by atoms with Gasteiger partial charge in [0.15, 0.2) is 0 Å². The summed E-state index contributed by atoms with van der Waals surface area (Å²) in [7, 11) is 0. The van der Waals surface area contributed by atoms with Crippen molar-refractivity contribution in [1.82, 2.24) is 0 Å². The molecule has 2 aromatic rings. The van der Waals surface area contributed by atoms with Crippen LogP contribution in [0.4, 0.5) is 0 Å². The van der Waals surface area contributed by atoms with Crippen molar-refractivity contribution in [2.45, 2.75) is 19.1 Å². The summed E-state index contributed by atoms with van der Waals surface area (Å²) in [5, 5.41) is 19.8. The summed E-state index contributed by atoms with van der Waals surface area (Å²) >= 11 is 0. The summed E-state index contributed by atoms with van der Waals surface area (Å²) in [6, 6.07) is 16.1. The second-order valence-corrected chi connectivity index (χ2v) is 4.43. The second kappa shape index (κ2) is 6.16. The molecule has 0 saturated heterocycles. The van der Waals surface area contributed by atoms with E-state index in [-0.39, 0.29) is 11.8 Å². The first-order chi connectivity index (χ1) is 9.18. The molecule has 0 unspecified atom stereocenters. The van der Waals surface area contributed by atoms with E-state index >= 15 is 0 Å². The number of hydrogen-bond donors (Lipinski definition) is 2. The molecule has 2 N–H and O–H groups in total. The lowest BCUT2D eigenvalue weighted by Crippen LogP contribution is -2.12. The lowest BCUT2D eigenvalue weighted by atomic mass is 10.0. The Hall–Kier alpha value is -2.13. The second-order valence-electron chi connectivity index (χ2n) is 4.43. The monoisotopic (exact) mass is 255 g/mol. The number of rotatable bonds is 4. The predicted molar refractivity (Wildman–Crippen MR) is 76.6 cm³/mol. The quantitative estimate of drug-likeness (QED) is 0.825. The highest BCUT2D eigenvalue weighted by molar-refractivity contribution is 5.83. The molecule has 0 saturated carbocycles. The molecule has 0 aromatic heterocycles. The third-order valence-corrected chi connectivity index (χ3v) is 2.98. The molecule has 0 aliphatic carbocycles. The molecular formula is C16H17NO2. The maximum Gasteiger partial charge on any atom is 0.124 e. The van der Waals surface area contributed by atoms with E-state index in [4.69, 9.17) is 0 Å². The maximum atomic E-state index is 10.2. The summed E-state index contributed by atoms with van der Waals surface area (Å²) in [5.41, 5.74) is 1.49. The zero-order chi connectivity index (χ0) is 13.7. The van der Waals surface area contributed by atoms with Crippen molar-refractivity contribution in [3.63, 3.8) is 0 Å². The number of phenols is 1. The molecular weight excluding hydrogens is 238 g/mol. The fraction of sp³-hybridized carbons (Fsp3) is 0.188. The molecule has 3 heteroatoms. The minimum atomic E-state index is -0.650. The van der Waals surface area contributed by atoms with Gasteiger partial charge in [-0.05, 0) is 24.6 Å². The zero-order valence-corrected chi connectivity index (χ0v) is 10.8. The summed E-state index contributed by atoms with van der Waals surface area (Å²) in [4.78, 5) is 4.30. The third-order valence-electron chi connectivity index (χ3n) is 2.98. The molecule has 2 aromatic carbocycles. The van der Waals surface area contributed by atoms with E-state index < -0.39 is 6.10 Å². The smallest absolute Gasteiger partial charge is 0.124 e. The number of aliphatic hydroxyl groups excluding tert-OH is 1. The van der Waals surface area contributed by atoms with Gasteiger partial charge in [0.05, 0.1) is 6.04 Å². The Balaban J connectivity index is 2.09. The molecule has 19 heavy (non-hydrogen) atoms. The Kier molecular flexibility index (Phi) is 4.31. The van der Waals surface area contributed by atoms with Crippen LogP contribution < -0.4 is 0 Å². The van der Waals surface area contributed by atoms with Crippen LogP contribution in [0.15, 0.2) is 59.6 Å². The maximum absolute atomic E-state index is 10.2. The van der Waals surface area contributed by atoms with Crippen LogP contribution in [-0.2, 0) is 0 Å². The van der Waals surface area contributed by atoms with E-state index in [0.717, 1.165) is 5.56 Å². The number of phenolic OH excluding ortho intramolecular Hbond substituents is 1. The number of benzene rings is 2. The Morgan fingerprint density at radius 1 is 1.00 bits per heavy atom. The number of aliphatic hydroxyl groups is 1. The van der Waals surface area contributed by atoms with Gasteiger partial charge in [0.25, 0.3) is 0 Å². The van der Waals surface area contributed by atoms with Crippen molar-refractivity contribution in [2.75, 3.05) is 0 Å². The number of hydrogen-bond acceptors (Lipinski definition) is 3. The molecule has 0 heterocycles. The summed E-state index contributed by atoms with van der Waals surface area (Å²) in [6.07, 6.45) is 0.940. The summed E-state index contributed by atoms with van der Waals surface area (Å²) in [5.74, 6) is 0.188. The number of para-hydroxylation sites is 1. The van der Waals surface area contributed by atoms with Crippen molar-refractivity contribution >= 4 is 6.21 Å². The fourth-order valence-electron chi connectivity index (χ4n) is 1.80. The first kappa shape index (κ1) is 13.3. The molecule has 2 atom stereocenters. The Bertz CT molecular complexity index is 552. The SMILES string of the molecule is C[C@@H](N=Cc1ccccc1O)[C@@H](O)c1ccccc1. The number of nitrogens with zero attached hydrogens (tertiary/aromatic N) is 1. The first-order valence-corrected chi connectivity index (χ1v) is 6.22. The average molecular weight is 255 g/mol.